The van der Waals surface area contributed by atoms with Crippen LogP contribution in [0, 0.1) is 6.92 Å². The number of hydrogen-bond acceptors (Lipinski definition) is 2. The normalized spacial score (nSPS) is 15.1. The largest absolute Gasteiger partial charge is 0.399 e. The SMILES string of the molecule is CCC(C)S(=O)c1cc(N)ccc1C. The van der Waals surface area contributed by atoms with Crippen molar-refractivity contribution in [3.05, 3.63) is 23.8 Å². The van der Waals surface area contributed by atoms with Crippen molar-refractivity contribution in [2.24, 2.45) is 0 Å². The number of rotatable bonds is 3. The first kappa shape index (κ1) is 11.2. The fraction of sp³-hybridized carbons (Fsp3) is 0.455. The average Bonchev–Trinajstić information content (AvgIpc) is 2.19. The molecular weight excluding hydrogens is 194 g/mol. The maximum absolute atomic E-state index is 12.0. The van der Waals surface area contributed by atoms with E-state index < -0.39 is 10.8 Å². The van der Waals surface area contributed by atoms with Crippen LogP contribution in [-0.4, -0.2) is 9.46 Å². The Balaban J connectivity index is 3.06. The second-order valence-electron chi connectivity index (χ2n) is 3.54. The summed E-state index contributed by atoms with van der Waals surface area (Å²) in [5, 5.41) is 0.190. The van der Waals surface area contributed by atoms with Gasteiger partial charge in [-0.05, 0) is 31.0 Å². The van der Waals surface area contributed by atoms with Crippen molar-refractivity contribution >= 4 is 16.5 Å². The Bertz CT molecular complexity index is 349. The minimum atomic E-state index is -0.930. The van der Waals surface area contributed by atoms with Crippen molar-refractivity contribution in [3.63, 3.8) is 0 Å². The molecule has 14 heavy (non-hydrogen) atoms. The van der Waals surface area contributed by atoms with Crippen LogP contribution in [0.3, 0.4) is 0 Å². The first-order chi connectivity index (χ1) is 6.56. The molecule has 0 aliphatic carbocycles. The molecule has 2 atom stereocenters. The van der Waals surface area contributed by atoms with Crippen molar-refractivity contribution in [3.8, 4) is 0 Å². The van der Waals surface area contributed by atoms with Gasteiger partial charge in [0.15, 0.2) is 0 Å². The summed E-state index contributed by atoms with van der Waals surface area (Å²) in [5.74, 6) is 0. The highest BCUT2D eigenvalue weighted by Gasteiger charge is 2.13. The number of aryl methyl sites for hydroxylation is 1. The van der Waals surface area contributed by atoms with Gasteiger partial charge in [-0.25, -0.2) is 0 Å². The van der Waals surface area contributed by atoms with Gasteiger partial charge < -0.3 is 5.73 Å². The van der Waals surface area contributed by atoms with Crippen molar-refractivity contribution in [2.45, 2.75) is 37.3 Å². The fourth-order valence-electron chi connectivity index (χ4n) is 1.20. The molecule has 0 saturated carbocycles. The predicted molar refractivity (Wildman–Crippen MR) is 61.8 cm³/mol. The number of nitrogens with two attached hydrogens (primary N) is 1. The van der Waals surface area contributed by atoms with E-state index in [1.165, 1.54) is 0 Å². The molecular formula is C11H17NOS. The molecule has 0 heterocycles. The van der Waals surface area contributed by atoms with Gasteiger partial charge in [-0.1, -0.05) is 19.9 Å². The van der Waals surface area contributed by atoms with Crippen LogP contribution in [0.4, 0.5) is 5.69 Å². The van der Waals surface area contributed by atoms with Crippen LogP contribution >= 0.6 is 0 Å². The first-order valence-electron chi connectivity index (χ1n) is 4.83. The molecule has 2 nitrogen and oxygen atoms in total. The van der Waals surface area contributed by atoms with E-state index in [1.807, 2.05) is 39.0 Å². The van der Waals surface area contributed by atoms with Gasteiger partial charge in [0.25, 0.3) is 0 Å². The lowest BCUT2D eigenvalue weighted by atomic mass is 10.2. The third kappa shape index (κ3) is 2.35. The van der Waals surface area contributed by atoms with Gasteiger partial charge in [-0.3, -0.25) is 4.21 Å². The zero-order valence-corrected chi connectivity index (χ0v) is 9.73. The van der Waals surface area contributed by atoms with Gasteiger partial charge in [-0.15, -0.1) is 0 Å². The molecule has 1 rings (SSSR count). The Kier molecular flexibility index (Phi) is 3.69. The number of nitrogen functional groups attached to an aromatic ring is 1. The Morgan fingerprint density at radius 1 is 1.50 bits per heavy atom. The highest BCUT2D eigenvalue weighted by molar-refractivity contribution is 7.85. The molecule has 1 aromatic carbocycles. The molecule has 0 amide bonds. The third-order valence-corrected chi connectivity index (χ3v) is 4.31. The molecule has 0 aliphatic rings. The third-order valence-electron chi connectivity index (χ3n) is 2.37. The van der Waals surface area contributed by atoms with Gasteiger partial charge in [0, 0.05) is 15.8 Å². The van der Waals surface area contributed by atoms with Crippen LogP contribution < -0.4 is 5.73 Å². The number of benzene rings is 1. The van der Waals surface area contributed by atoms with E-state index in [0.717, 1.165) is 16.9 Å². The van der Waals surface area contributed by atoms with Crippen LogP contribution in [-0.2, 0) is 10.8 Å². The summed E-state index contributed by atoms with van der Waals surface area (Å²) in [5.41, 5.74) is 7.41. The molecule has 0 saturated heterocycles. The van der Waals surface area contributed by atoms with E-state index in [-0.39, 0.29) is 5.25 Å². The van der Waals surface area contributed by atoms with Crippen LogP contribution in [0.5, 0.6) is 0 Å². The highest BCUT2D eigenvalue weighted by Crippen LogP contribution is 2.20. The van der Waals surface area contributed by atoms with Gasteiger partial charge in [0.2, 0.25) is 0 Å². The molecule has 0 fully saturated rings. The van der Waals surface area contributed by atoms with Gasteiger partial charge in [-0.2, -0.15) is 0 Å². The number of hydrogen-bond donors (Lipinski definition) is 1. The van der Waals surface area contributed by atoms with E-state index in [2.05, 4.69) is 0 Å². The minimum Gasteiger partial charge on any atom is -0.399 e. The topological polar surface area (TPSA) is 43.1 Å². The fourth-order valence-corrected chi connectivity index (χ4v) is 2.58. The van der Waals surface area contributed by atoms with Crippen molar-refractivity contribution in [1.82, 2.24) is 0 Å². The maximum Gasteiger partial charge on any atom is 0.0561 e. The Morgan fingerprint density at radius 3 is 2.71 bits per heavy atom. The van der Waals surface area contributed by atoms with Gasteiger partial charge in [0.05, 0.1) is 10.8 Å². The van der Waals surface area contributed by atoms with E-state index in [9.17, 15) is 4.21 Å². The smallest absolute Gasteiger partial charge is 0.0561 e. The lowest BCUT2D eigenvalue weighted by Gasteiger charge is -2.11. The maximum atomic E-state index is 12.0. The molecule has 3 heteroatoms. The van der Waals surface area contributed by atoms with Crippen LogP contribution in [0.25, 0.3) is 0 Å². The van der Waals surface area contributed by atoms with Crippen LogP contribution in [0.1, 0.15) is 25.8 Å². The highest BCUT2D eigenvalue weighted by atomic mass is 32.2. The van der Waals surface area contributed by atoms with Crippen LogP contribution in [0.15, 0.2) is 23.1 Å². The standard InChI is InChI=1S/C11H17NOS/c1-4-9(3)14(13)11-7-10(12)6-5-8(11)2/h5-7,9H,4,12H2,1-3H3. The first-order valence-corrected chi connectivity index (χ1v) is 6.04. The molecule has 0 spiro atoms. The van der Waals surface area contributed by atoms with E-state index in [1.54, 1.807) is 0 Å². The van der Waals surface area contributed by atoms with E-state index in [0.29, 0.717) is 5.69 Å². The summed E-state index contributed by atoms with van der Waals surface area (Å²) in [4.78, 5) is 0.874. The van der Waals surface area contributed by atoms with Gasteiger partial charge >= 0.3 is 0 Å². The molecule has 0 aromatic heterocycles. The minimum absolute atomic E-state index is 0.190. The molecule has 0 aliphatic heterocycles. The van der Waals surface area contributed by atoms with Crippen molar-refractivity contribution < 1.29 is 4.21 Å². The predicted octanol–water partition coefficient (Wildman–Crippen LogP) is 2.48. The zero-order chi connectivity index (χ0) is 10.7. The molecule has 0 bridgehead atoms. The Morgan fingerprint density at radius 2 is 2.14 bits per heavy atom. The summed E-state index contributed by atoms with van der Waals surface area (Å²) in [6.45, 7) is 6.01. The van der Waals surface area contributed by atoms with E-state index in [4.69, 9.17) is 5.73 Å². The van der Waals surface area contributed by atoms with Crippen molar-refractivity contribution in [2.75, 3.05) is 5.73 Å². The molecule has 2 unspecified atom stereocenters. The summed E-state index contributed by atoms with van der Waals surface area (Å²) in [6, 6.07) is 5.58. The second kappa shape index (κ2) is 4.60. The molecule has 0 radical (unpaired) electrons. The van der Waals surface area contributed by atoms with Crippen molar-refractivity contribution in [1.29, 1.82) is 0 Å². The number of anilines is 1. The summed E-state index contributed by atoms with van der Waals surface area (Å²) in [6.07, 6.45) is 0.918. The average molecular weight is 211 g/mol. The quantitative estimate of drug-likeness (QED) is 0.780. The van der Waals surface area contributed by atoms with Gasteiger partial charge in [0.1, 0.15) is 0 Å². The summed E-state index contributed by atoms with van der Waals surface area (Å²) >= 11 is 0. The lowest BCUT2D eigenvalue weighted by Crippen LogP contribution is -2.10. The summed E-state index contributed by atoms with van der Waals surface area (Å²) in [7, 11) is -0.930. The Labute approximate surface area is 88.0 Å². The molecule has 1 aromatic rings. The monoisotopic (exact) mass is 211 g/mol. The van der Waals surface area contributed by atoms with Crippen LogP contribution in [0.2, 0.25) is 0 Å². The molecule has 2 N–H and O–H groups in total. The lowest BCUT2D eigenvalue weighted by molar-refractivity contribution is 0.670. The summed E-state index contributed by atoms with van der Waals surface area (Å²) < 4.78 is 12.0. The zero-order valence-electron chi connectivity index (χ0n) is 8.91. The molecule has 78 valence electrons. The second-order valence-corrected chi connectivity index (χ2v) is 5.38. The Hall–Kier alpha value is -0.830. The van der Waals surface area contributed by atoms with E-state index >= 15 is 0 Å².